The van der Waals surface area contributed by atoms with Gasteiger partial charge in [-0.25, -0.2) is 4.98 Å². The second-order valence-electron chi connectivity index (χ2n) is 6.80. The van der Waals surface area contributed by atoms with Crippen molar-refractivity contribution in [3.05, 3.63) is 46.4 Å². The molecule has 0 bridgehead atoms. The average Bonchev–Trinajstić information content (AvgIpc) is 3.16. The van der Waals surface area contributed by atoms with Crippen molar-refractivity contribution in [3.63, 3.8) is 0 Å². The molecule has 1 aromatic heterocycles. The Balaban J connectivity index is 0.00000169. The number of carbonyl (C=O) groups is 1. The maximum Gasteiger partial charge on any atom is 0.231 e. The molecule has 0 saturated carbocycles. The van der Waals surface area contributed by atoms with Gasteiger partial charge in [-0.1, -0.05) is 25.1 Å². The molecular weight excluding hydrogens is 391 g/mol. The molecular formula is C18H26Cl2N4OS. The van der Waals surface area contributed by atoms with E-state index in [1.807, 2.05) is 30.3 Å². The summed E-state index contributed by atoms with van der Waals surface area (Å²) < 4.78 is 0. The Hall–Kier alpha value is -1.18. The fourth-order valence-electron chi connectivity index (χ4n) is 3.02. The van der Waals surface area contributed by atoms with E-state index in [0.29, 0.717) is 6.42 Å². The Morgan fingerprint density at radius 2 is 2.08 bits per heavy atom. The van der Waals surface area contributed by atoms with Crippen LogP contribution in [0.25, 0.3) is 0 Å². The van der Waals surface area contributed by atoms with Gasteiger partial charge in [0.15, 0.2) is 0 Å². The molecule has 1 aliphatic heterocycles. The third-order valence-corrected chi connectivity index (χ3v) is 5.38. The van der Waals surface area contributed by atoms with Crippen molar-refractivity contribution in [3.8, 4) is 0 Å². The summed E-state index contributed by atoms with van der Waals surface area (Å²) in [7, 11) is 0. The van der Waals surface area contributed by atoms with Gasteiger partial charge in [0.05, 0.1) is 12.1 Å². The van der Waals surface area contributed by atoms with Gasteiger partial charge in [-0.05, 0) is 37.1 Å². The van der Waals surface area contributed by atoms with E-state index < -0.39 is 0 Å². The lowest BCUT2D eigenvalue weighted by atomic mass is 9.90. The number of nitrogens with two attached hydrogens (primary N) is 1. The van der Waals surface area contributed by atoms with Crippen LogP contribution in [0, 0.1) is 5.41 Å². The standard InChI is InChI=1S/C18H24N4OS.2ClH/c1-18(12-19)7-8-22(13-18)10-15-11-24-17(21-15)9-16(23)20-14-5-3-2-4-6-14;;/h2-6,11H,7-10,12-13,19H2,1H3,(H,20,23);2*1H. The number of likely N-dealkylation sites (tertiary alicyclic amines) is 1. The first-order valence-electron chi connectivity index (χ1n) is 8.27. The van der Waals surface area contributed by atoms with E-state index >= 15 is 0 Å². The zero-order chi connectivity index (χ0) is 17.0. The molecule has 1 unspecified atom stereocenters. The van der Waals surface area contributed by atoms with Crippen LogP contribution in [0.3, 0.4) is 0 Å². The first-order chi connectivity index (χ1) is 11.6. The van der Waals surface area contributed by atoms with Crippen LogP contribution in [0.1, 0.15) is 24.0 Å². The number of aromatic nitrogens is 1. The highest BCUT2D eigenvalue weighted by molar-refractivity contribution is 7.09. The summed E-state index contributed by atoms with van der Waals surface area (Å²) in [5.74, 6) is -0.0287. The van der Waals surface area contributed by atoms with Gasteiger partial charge in [-0.3, -0.25) is 9.69 Å². The summed E-state index contributed by atoms with van der Waals surface area (Å²) in [5, 5.41) is 5.81. The zero-order valence-corrected chi connectivity index (χ0v) is 17.3. The number of thiazole rings is 1. The SMILES string of the molecule is CC1(CN)CCN(Cc2csc(CC(=O)Nc3ccccc3)n2)C1.Cl.Cl. The molecule has 8 heteroatoms. The lowest BCUT2D eigenvalue weighted by molar-refractivity contribution is -0.115. The minimum absolute atomic E-state index is 0. The molecule has 1 aliphatic rings. The molecule has 1 atom stereocenters. The number of hydrogen-bond donors (Lipinski definition) is 2. The zero-order valence-electron chi connectivity index (χ0n) is 14.8. The molecule has 26 heavy (non-hydrogen) atoms. The predicted octanol–water partition coefficient (Wildman–Crippen LogP) is 3.34. The third-order valence-electron chi connectivity index (χ3n) is 4.48. The molecule has 1 saturated heterocycles. The van der Waals surface area contributed by atoms with Gasteiger partial charge in [0.1, 0.15) is 5.01 Å². The first kappa shape index (κ1) is 22.9. The van der Waals surface area contributed by atoms with Crippen molar-refractivity contribution >= 4 is 47.7 Å². The Morgan fingerprint density at radius 3 is 2.73 bits per heavy atom. The van der Waals surface area contributed by atoms with E-state index in [0.717, 1.165) is 49.0 Å². The van der Waals surface area contributed by atoms with Crippen molar-refractivity contribution in [2.45, 2.75) is 26.3 Å². The Labute approximate surface area is 171 Å². The van der Waals surface area contributed by atoms with Gasteiger partial charge in [0.2, 0.25) is 5.91 Å². The minimum Gasteiger partial charge on any atom is -0.330 e. The van der Waals surface area contributed by atoms with Gasteiger partial charge < -0.3 is 11.1 Å². The Morgan fingerprint density at radius 1 is 1.35 bits per heavy atom. The van der Waals surface area contributed by atoms with Crippen molar-refractivity contribution in [2.75, 3.05) is 25.0 Å². The maximum atomic E-state index is 12.1. The fourth-order valence-corrected chi connectivity index (χ4v) is 3.81. The molecule has 3 N–H and O–H groups in total. The van der Waals surface area contributed by atoms with E-state index in [1.165, 1.54) is 0 Å². The average molecular weight is 417 g/mol. The minimum atomic E-state index is -0.0287. The topological polar surface area (TPSA) is 71.2 Å². The number of rotatable bonds is 6. The van der Waals surface area contributed by atoms with E-state index in [1.54, 1.807) is 11.3 Å². The summed E-state index contributed by atoms with van der Waals surface area (Å²) in [5.41, 5.74) is 7.95. The fraction of sp³-hybridized carbons (Fsp3) is 0.444. The number of para-hydroxylation sites is 1. The lowest BCUT2D eigenvalue weighted by Gasteiger charge is -2.22. The number of nitrogens with zero attached hydrogens (tertiary/aromatic N) is 2. The van der Waals surface area contributed by atoms with Crippen molar-refractivity contribution < 1.29 is 4.79 Å². The summed E-state index contributed by atoms with van der Waals surface area (Å²) in [6, 6.07) is 9.50. The van der Waals surface area contributed by atoms with Crippen molar-refractivity contribution in [1.29, 1.82) is 0 Å². The molecule has 0 radical (unpaired) electrons. The van der Waals surface area contributed by atoms with Crippen LogP contribution in [-0.2, 0) is 17.8 Å². The molecule has 5 nitrogen and oxygen atoms in total. The Kier molecular flexibility index (Phi) is 9.00. The first-order valence-corrected chi connectivity index (χ1v) is 9.15. The summed E-state index contributed by atoms with van der Waals surface area (Å²) in [6.07, 6.45) is 1.46. The second kappa shape index (κ2) is 10.2. The number of halogens is 2. The van der Waals surface area contributed by atoms with Crippen molar-refractivity contribution in [2.24, 2.45) is 11.1 Å². The smallest absolute Gasteiger partial charge is 0.231 e. The van der Waals surface area contributed by atoms with Gasteiger partial charge in [0, 0.05) is 24.2 Å². The largest absolute Gasteiger partial charge is 0.330 e. The highest BCUT2D eigenvalue weighted by Crippen LogP contribution is 2.29. The highest BCUT2D eigenvalue weighted by Gasteiger charge is 2.32. The molecule has 0 spiro atoms. The second-order valence-corrected chi connectivity index (χ2v) is 7.74. The molecule has 0 aliphatic carbocycles. The molecule has 2 heterocycles. The van der Waals surface area contributed by atoms with Crippen LogP contribution in [-0.4, -0.2) is 35.4 Å². The maximum absolute atomic E-state index is 12.1. The quantitative estimate of drug-likeness (QED) is 0.757. The molecule has 1 aromatic carbocycles. The number of benzene rings is 1. The number of amides is 1. The molecule has 1 fully saturated rings. The molecule has 3 rings (SSSR count). The van der Waals surface area contributed by atoms with E-state index in [4.69, 9.17) is 5.73 Å². The Bertz CT molecular complexity index is 698. The lowest BCUT2D eigenvalue weighted by Crippen LogP contribution is -2.31. The van der Waals surface area contributed by atoms with Crippen LogP contribution in [0.4, 0.5) is 5.69 Å². The van der Waals surface area contributed by atoms with Crippen LogP contribution < -0.4 is 11.1 Å². The summed E-state index contributed by atoms with van der Waals surface area (Å²) in [4.78, 5) is 19.1. The number of hydrogen-bond acceptors (Lipinski definition) is 5. The number of nitrogens with one attached hydrogen (secondary N) is 1. The van der Waals surface area contributed by atoms with Crippen molar-refractivity contribution in [1.82, 2.24) is 9.88 Å². The molecule has 1 amide bonds. The van der Waals surface area contributed by atoms with Crippen LogP contribution in [0.5, 0.6) is 0 Å². The number of carbonyl (C=O) groups excluding carboxylic acids is 1. The normalized spacial score (nSPS) is 19.5. The van der Waals surface area contributed by atoms with Crippen LogP contribution in [0.15, 0.2) is 35.7 Å². The van der Waals surface area contributed by atoms with Crippen LogP contribution in [0.2, 0.25) is 0 Å². The predicted molar refractivity (Wildman–Crippen MR) is 112 cm³/mol. The van der Waals surface area contributed by atoms with E-state index in [9.17, 15) is 4.79 Å². The highest BCUT2D eigenvalue weighted by atomic mass is 35.5. The van der Waals surface area contributed by atoms with E-state index in [-0.39, 0.29) is 36.1 Å². The van der Waals surface area contributed by atoms with Gasteiger partial charge in [-0.15, -0.1) is 36.2 Å². The number of anilines is 1. The van der Waals surface area contributed by atoms with Crippen LogP contribution >= 0.6 is 36.2 Å². The third kappa shape index (κ3) is 6.21. The van der Waals surface area contributed by atoms with E-state index in [2.05, 4.69) is 27.5 Å². The van der Waals surface area contributed by atoms with Gasteiger partial charge in [-0.2, -0.15) is 0 Å². The summed E-state index contributed by atoms with van der Waals surface area (Å²) in [6.45, 7) is 5.89. The van der Waals surface area contributed by atoms with Gasteiger partial charge in [0.25, 0.3) is 0 Å². The molecule has 144 valence electrons. The molecule has 2 aromatic rings. The van der Waals surface area contributed by atoms with Gasteiger partial charge >= 0.3 is 0 Å². The summed E-state index contributed by atoms with van der Waals surface area (Å²) >= 11 is 1.55. The monoisotopic (exact) mass is 416 g/mol.